The maximum Gasteiger partial charge on any atom is 0.162 e. The summed E-state index contributed by atoms with van der Waals surface area (Å²) in [6, 6.07) is 6.04. The van der Waals surface area contributed by atoms with Crippen molar-refractivity contribution in [2.24, 2.45) is 0 Å². The number of hydrogen-bond donors (Lipinski definition) is 1. The molecule has 0 saturated heterocycles. The molecular weight excluding hydrogens is 186 g/mol. The Labute approximate surface area is 90.7 Å². The second-order valence-electron chi connectivity index (χ2n) is 4.08. The molecule has 1 aromatic carbocycles. The number of benzene rings is 1. The summed E-state index contributed by atoms with van der Waals surface area (Å²) >= 11 is 0. The standard InChI is InChI=1S/C13H17NO/c1-2-3-4-13(15)11-6-5-10-7-8-14-12(10)9-11/h5-6,9,14H,2-4,7-8H2,1H3. The van der Waals surface area contributed by atoms with Crippen molar-refractivity contribution < 1.29 is 4.79 Å². The minimum absolute atomic E-state index is 0.272. The van der Waals surface area contributed by atoms with Gasteiger partial charge in [0.1, 0.15) is 0 Å². The Kier molecular flexibility index (Phi) is 3.05. The van der Waals surface area contributed by atoms with E-state index in [1.165, 1.54) is 5.56 Å². The zero-order valence-corrected chi connectivity index (χ0v) is 9.18. The third-order valence-electron chi connectivity index (χ3n) is 2.90. The number of carbonyl (C=O) groups is 1. The van der Waals surface area contributed by atoms with Crippen molar-refractivity contribution >= 4 is 11.5 Å². The quantitative estimate of drug-likeness (QED) is 0.762. The number of carbonyl (C=O) groups excluding carboxylic acids is 1. The van der Waals surface area contributed by atoms with Gasteiger partial charge in [-0.1, -0.05) is 25.5 Å². The molecule has 80 valence electrons. The molecule has 0 fully saturated rings. The number of ketones is 1. The van der Waals surface area contributed by atoms with E-state index in [0.717, 1.165) is 37.1 Å². The highest BCUT2D eigenvalue weighted by Gasteiger charge is 2.12. The Morgan fingerprint density at radius 1 is 1.47 bits per heavy atom. The molecule has 0 radical (unpaired) electrons. The molecule has 1 N–H and O–H groups in total. The van der Waals surface area contributed by atoms with Gasteiger partial charge < -0.3 is 5.32 Å². The van der Waals surface area contributed by atoms with E-state index in [1.54, 1.807) is 0 Å². The van der Waals surface area contributed by atoms with E-state index in [9.17, 15) is 4.79 Å². The van der Waals surface area contributed by atoms with Gasteiger partial charge in [0.25, 0.3) is 0 Å². The monoisotopic (exact) mass is 203 g/mol. The van der Waals surface area contributed by atoms with Crippen molar-refractivity contribution in [1.82, 2.24) is 0 Å². The van der Waals surface area contributed by atoms with E-state index in [0.29, 0.717) is 6.42 Å². The fraction of sp³-hybridized carbons (Fsp3) is 0.462. The van der Waals surface area contributed by atoms with Crippen LogP contribution in [0.1, 0.15) is 42.1 Å². The van der Waals surface area contributed by atoms with E-state index in [2.05, 4.69) is 18.3 Å². The molecule has 0 aromatic heterocycles. The minimum atomic E-state index is 0.272. The highest BCUT2D eigenvalue weighted by molar-refractivity contribution is 5.97. The van der Waals surface area contributed by atoms with E-state index < -0.39 is 0 Å². The zero-order chi connectivity index (χ0) is 10.7. The molecule has 0 spiro atoms. The van der Waals surface area contributed by atoms with Gasteiger partial charge in [0.15, 0.2) is 5.78 Å². The molecule has 1 aromatic rings. The minimum Gasteiger partial charge on any atom is -0.384 e. The van der Waals surface area contributed by atoms with E-state index in [-0.39, 0.29) is 5.78 Å². The Balaban J connectivity index is 2.12. The molecule has 0 bridgehead atoms. The average Bonchev–Trinajstić information content (AvgIpc) is 2.72. The second-order valence-corrected chi connectivity index (χ2v) is 4.08. The van der Waals surface area contributed by atoms with Crippen molar-refractivity contribution in [3.8, 4) is 0 Å². The topological polar surface area (TPSA) is 29.1 Å². The first-order valence-corrected chi connectivity index (χ1v) is 5.71. The summed E-state index contributed by atoms with van der Waals surface area (Å²) in [6.07, 6.45) is 3.83. The average molecular weight is 203 g/mol. The maximum atomic E-state index is 11.8. The highest BCUT2D eigenvalue weighted by atomic mass is 16.1. The molecule has 2 rings (SSSR count). The van der Waals surface area contributed by atoms with Gasteiger partial charge in [-0.15, -0.1) is 0 Å². The molecule has 1 aliphatic rings. The molecular formula is C13H17NO. The molecule has 0 aliphatic carbocycles. The first-order valence-electron chi connectivity index (χ1n) is 5.71. The first-order chi connectivity index (χ1) is 7.31. The summed E-state index contributed by atoms with van der Waals surface area (Å²) in [7, 11) is 0. The van der Waals surface area contributed by atoms with Crippen molar-refractivity contribution in [3.05, 3.63) is 29.3 Å². The molecule has 0 saturated carbocycles. The SMILES string of the molecule is CCCCC(=O)c1ccc2c(c1)NCC2. The van der Waals surface area contributed by atoms with Crippen molar-refractivity contribution in [3.63, 3.8) is 0 Å². The van der Waals surface area contributed by atoms with Gasteiger partial charge in [-0.3, -0.25) is 4.79 Å². The molecule has 0 atom stereocenters. The van der Waals surface area contributed by atoms with Crippen LogP contribution in [0.15, 0.2) is 18.2 Å². The second kappa shape index (κ2) is 4.47. The van der Waals surface area contributed by atoms with Crippen LogP contribution < -0.4 is 5.32 Å². The van der Waals surface area contributed by atoms with Crippen LogP contribution in [0.5, 0.6) is 0 Å². The van der Waals surface area contributed by atoms with Crippen LogP contribution >= 0.6 is 0 Å². The molecule has 1 heterocycles. The lowest BCUT2D eigenvalue weighted by atomic mass is 10.0. The molecule has 1 aliphatic heterocycles. The fourth-order valence-electron chi connectivity index (χ4n) is 1.95. The van der Waals surface area contributed by atoms with Crippen molar-refractivity contribution in [2.75, 3.05) is 11.9 Å². The molecule has 15 heavy (non-hydrogen) atoms. The number of Topliss-reactive ketones (excluding diaryl/α,β-unsaturated/α-hetero) is 1. The normalized spacial score (nSPS) is 13.4. The van der Waals surface area contributed by atoms with Gasteiger partial charge in [0, 0.05) is 24.2 Å². The van der Waals surface area contributed by atoms with Gasteiger partial charge in [-0.25, -0.2) is 0 Å². The largest absolute Gasteiger partial charge is 0.384 e. The van der Waals surface area contributed by atoms with Crippen LogP contribution in [0.2, 0.25) is 0 Å². The van der Waals surface area contributed by atoms with Crippen LogP contribution in [0.25, 0.3) is 0 Å². The zero-order valence-electron chi connectivity index (χ0n) is 9.18. The summed E-state index contributed by atoms with van der Waals surface area (Å²) < 4.78 is 0. The third kappa shape index (κ3) is 2.20. The van der Waals surface area contributed by atoms with Crippen LogP contribution in [0, 0.1) is 0 Å². The van der Waals surface area contributed by atoms with Crippen molar-refractivity contribution in [2.45, 2.75) is 32.6 Å². The number of anilines is 1. The van der Waals surface area contributed by atoms with Gasteiger partial charge in [0.2, 0.25) is 0 Å². The van der Waals surface area contributed by atoms with Gasteiger partial charge in [-0.2, -0.15) is 0 Å². The van der Waals surface area contributed by atoms with E-state index in [1.807, 2.05) is 12.1 Å². The Morgan fingerprint density at radius 2 is 2.33 bits per heavy atom. The maximum absolute atomic E-state index is 11.8. The lowest BCUT2D eigenvalue weighted by molar-refractivity contribution is 0.0980. The van der Waals surface area contributed by atoms with E-state index >= 15 is 0 Å². The fourth-order valence-corrected chi connectivity index (χ4v) is 1.95. The lowest BCUT2D eigenvalue weighted by Crippen LogP contribution is -1.99. The van der Waals surface area contributed by atoms with Gasteiger partial charge >= 0.3 is 0 Å². The predicted molar refractivity (Wildman–Crippen MR) is 62.5 cm³/mol. The highest BCUT2D eigenvalue weighted by Crippen LogP contribution is 2.23. The number of fused-ring (bicyclic) bond motifs is 1. The van der Waals surface area contributed by atoms with Gasteiger partial charge in [-0.05, 0) is 24.5 Å². The molecule has 2 nitrogen and oxygen atoms in total. The summed E-state index contributed by atoms with van der Waals surface area (Å²) in [5.41, 5.74) is 3.34. The Bertz CT molecular complexity index is 371. The van der Waals surface area contributed by atoms with Crippen LogP contribution in [0.4, 0.5) is 5.69 Å². The molecule has 2 heteroatoms. The Hall–Kier alpha value is -1.31. The Morgan fingerprint density at radius 3 is 3.13 bits per heavy atom. The number of unbranched alkanes of at least 4 members (excludes halogenated alkanes) is 1. The smallest absolute Gasteiger partial charge is 0.162 e. The third-order valence-corrected chi connectivity index (χ3v) is 2.90. The first kappa shape index (κ1) is 10.2. The van der Waals surface area contributed by atoms with E-state index in [4.69, 9.17) is 0 Å². The van der Waals surface area contributed by atoms with Crippen molar-refractivity contribution in [1.29, 1.82) is 0 Å². The van der Waals surface area contributed by atoms with Crippen LogP contribution in [-0.2, 0) is 6.42 Å². The summed E-state index contributed by atoms with van der Waals surface area (Å²) in [5, 5.41) is 3.30. The summed E-state index contributed by atoms with van der Waals surface area (Å²) in [6.45, 7) is 3.11. The van der Waals surface area contributed by atoms with Crippen LogP contribution in [-0.4, -0.2) is 12.3 Å². The molecule has 0 unspecified atom stereocenters. The van der Waals surface area contributed by atoms with Crippen LogP contribution in [0.3, 0.4) is 0 Å². The summed E-state index contributed by atoms with van der Waals surface area (Å²) in [5.74, 6) is 0.272. The number of rotatable bonds is 4. The number of hydrogen-bond acceptors (Lipinski definition) is 2. The predicted octanol–water partition coefficient (Wildman–Crippen LogP) is 3.03. The summed E-state index contributed by atoms with van der Waals surface area (Å²) in [4.78, 5) is 11.8. The lowest BCUT2D eigenvalue weighted by Gasteiger charge is -2.03. The van der Waals surface area contributed by atoms with Gasteiger partial charge in [0.05, 0.1) is 0 Å². The number of nitrogens with one attached hydrogen (secondary N) is 1. The molecule has 0 amide bonds.